The summed E-state index contributed by atoms with van der Waals surface area (Å²) in [5, 5.41) is 11.5. The highest BCUT2D eigenvalue weighted by Gasteiger charge is 2.55. The van der Waals surface area contributed by atoms with Crippen molar-refractivity contribution in [3.05, 3.63) is 66.1 Å². The molecule has 2 heterocycles. The van der Waals surface area contributed by atoms with Gasteiger partial charge in [-0.25, -0.2) is 17.8 Å². The Bertz CT molecular complexity index is 1640. The highest BCUT2D eigenvalue weighted by Crippen LogP contribution is 2.41. The zero-order chi connectivity index (χ0) is 32.0. The van der Waals surface area contributed by atoms with Crippen LogP contribution in [0.3, 0.4) is 0 Å². The molecule has 43 heavy (non-hydrogen) atoms. The third kappa shape index (κ3) is 6.31. The molecular formula is C26H22F7N3O6S. The first kappa shape index (κ1) is 31.8. The number of hydrogen-bond donors (Lipinski definition) is 2. The second-order valence-electron chi connectivity index (χ2n) is 9.44. The van der Waals surface area contributed by atoms with E-state index in [4.69, 9.17) is 9.47 Å². The number of rotatable bonds is 7. The number of anilines is 1. The minimum absolute atomic E-state index is 0.0540. The van der Waals surface area contributed by atoms with Crippen molar-refractivity contribution in [2.24, 2.45) is 0 Å². The van der Waals surface area contributed by atoms with Crippen LogP contribution in [0.1, 0.15) is 12.6 Å². The van der Waals surface area contributed by atoms with E-state index in [-0.39, 0.29) is 29.6 Å². The third-order valence-electron chi connectivity index (χ3n) is 6.42. The number of aromatic nitrogens is 1. The normalized spacial score (nSPS) is 17.0. The minimum Gasteiger partial charge on any atom is -0.494 e. The molecule has 4 rings (SSSR count). The molecule has 232 valence electrons. The maximum Gasteiger partial charge on any atom is 0.433 e. The molecule has 2 N–H and O–H groups in total. The Hall–Kier alpha value is -4.12. The van der Waals surface area contributed by atoms with Gasteiger partial charge in [-0.2, -0.15) is 26.3 Å². The number of alkyl halides is 6. The monoisotopic (exact) mass is 637 g/mol. The number of fused-ring (bicyclic) bond motifs is 1. The lowest BCUT2D eigenvalue weighted by Gasteiger charge is -2.36. The molecule has 0 saturated heterocycles. The zero-order valence-electron chi connectivity index (χ0n) is 22.1. The van der Waals surface area contributed by atoms with Crippen molar-refractivity contribution in [1.82, 2.24) is 10.3 Å². The number of methoxy groups -OCH3 is 1. The van der Waals surface area contributed by atoms with E-state index in [1.807, 2.05) is 5.32 Å². The molecule has 0 radical (unpaired) electrons. The molecule has 0 unspecified atom stereocenters. The Morgan fingerprint density at radius 3 is 2.44 bits per heavy atom. The van der Waals surface area contributed by atoms with Gasteiger partial charge in [0, 0.05) is 11.6 Å². The summed E-state index contributed by atoms with van der Waals surface area (Å²) in [4.78, 5) is 15.2. The number of nitrogens with one attached hydrogen (secondary N) is 1. The molecule has 3 aromatic rings. The first-order valence-electron chi connectivity index (χ1n) is 12.2. The SMILES string of the molecule is COc1cc(S(=O)(=O)N2C[C@H](CNC(=O)[C@@](C)(O)C(F)(F)F)Oc3ccc(-c4cccc(C(F)(F)F)n4)cc32)ccc1F. The lowest BCUT2D eigenvalue weighted by atomic mass is 10.1. The van der Waals surface area contributed by atoms with E-state index in [0.29, 0.717) is 0 Å². The Balaban J connectivity index is 1.76. The van der Waals surface area contributed by atoms with Gasteiger partial charge < -0.3 is 19.9 Å². The number of nitrogens with zero attached hydrogens (tertiary/aromatic N) is 2. The van der Waals surface area contributed by atoms with Gasteiger partial charge in [0.25, 0.3) is 15.9 Å². The molecule has 1 aliphatic rings. The molecule has 0 fully saturated rings. The highest BCUT2D eigenvalue weighted by atomic mass is 32.2. The van der Waals surface area contributed by atoms with Crippen LogP contribution >= 0.6 is 0 Å². The number of ether oxygens (including phenoxy) is 2. The van der Waals surface area contributed by atoms with Crippen LogP contribution in [0, 0.1) is 5.82 Å². The number of hydrogen-bond acceptors (Lipinski definition) is 7. The molecule has 0 bridgehead atoms. The largest absolute Gasteiger partial charge is 0.494 e. The quantitative estimate of drug-likeness (QED) is 0.371. The van der Waals surface area contributed by atoms with Gasteiger partial charge >= 0.3 is 12.4 Å². The van der Waals surface area contributed by atoms with Crippen molar-refractivity contribution >= 4 is 21.6 Å². The first-order chi connectivity index (χ1) is 19.9. The van der Waals surface area contributed by atoms with E-state index in [0.717, 1.165) is 41.7 Å². The lowest BCUT2D eigenvalue weighted by Crippen LogP contribution is -2.57. The average Bonchev–Trinajstić information content (AvgIpc) is 2.94. The molecule has 0 saturated carbocycles. The molecule has 9 nitrogen and oxygen atoms in total. The molecule has 17 heteroatoms. The molecule has 2 aromatic carbocycles. The molecular weight excluding hydrogens is 615 g/mol. The van der Waals surface area contributed by atoms with Crippen LogP contribution in [0.15, 0.2) is 59.5 Å². The summed E-state index contributed by atoms with van der Waals surface area (Å²) in [5.41, 5.74) is -5.26. The van der Waals surface area contributed by atoms with E-state index in [1.54, 1.807) is 0 Å². The number of carbonyl (C=O) groups excluding carboxylic acids is 1. The van der Waals surface area contributed by atoms with Crippen LogP contribution in [0.25, 0.3) is 11.3 Å². The summed E-state index contributed by atoms with van der Waals surface area (Å²) in [5.74, 6) is -3.28. The first-order valence-corrected chi connectivity index (χ1v) is 13.6. The summed E-state index contributed by atoms with van der Waals surface area (Å²) < 4.78 is 132. The Labute approximate surface area is 239 Å². The fraction of sp³-hybridized carbons (Fsp3) is 0.308. The molecule has 2 atom stereocenters. The van der Waals surface area contributed by atoms with Crippen molar-refractivity contribution < 1.29 is 58.5 Å². The summed E-state index contributed by atoms with van der Waals surface area (Å²) >= 11 is 0. The van der Waals surface area contributed by atoms with Gasteiger partial charge in [0.15, 0.2) is 11.6 Å². The van der Waals surface area contributed by atoms with E-state index < -0.39 is 75.2 Å². The predicted molar refractivity (Wildman–Crippen MR) is 136 cm³/mol. The number of benzene rings is 2. The van der Waals surface area contributed by atoms with Crippen LogP contribution in [-0.4, -0.2) is 62.5 Å². The fourth-order valence-corrected chi connectivity index (χ4v) is 5.51. The van der Waals surface area contributed by atoms with Gasteiger partial charge in [0.05, 0.1) is 36.5 Å². The number of halogens is 7. The van der Waals surface area contributed by atoms with Gasteiger partial charge in [0.1, 0.15) is 17.5 Å². The van der Waals surface area contributed by atoms with Crippen LogP contribution in [0.4, 0.5) is 36.4 Å². The predicted octanol–water partition coefficient (Wildman–Crippen LogP) is 4.30. The number of pyridine rings is 1. The Morgan fingerprint density at radius 2 is 1.81 bits per heavy atom. The maximum atomic E-state index is 14.0. The summed E-state index contributed by atoms with van der Waals surface area (Å²) in [7, 11) is -3.52. The molecule has 0 aliphatic carbocycles. The van der Waals surface area contributed by atoms with Crippen LogP contribution in [-0.2, 0) is 21.0 Å². The zero-order valence-corrected chi connectivity index (χ0v) is 22.9. The van der Waals surface area contributed by atoms with Crippen molar-refractivity contribution in [2.75, 3.05) is 24.5 Å². The van der Waals surface area contributed by atoms with Crippen molar-refractivity contribution in [3.63, 3.8) is 0 Å². The van der Waals surface area contributed by atoms with Crippen molar-refractivity contribution in [3.8, 4) is 22.8 Å². The third-order valence-corrected chi connectivity index (χ3v) is 8.20. The second-order valence-corrected chi connectivity index (χ2v) is 11.3. The number of carbonyl (C=O) groups is 1. The Kier molecular flexibility index (Phi) is 8.27. The summed E-state index contributed by atoms with van der Waals surface area (Å²) in [6.07, 6.45) is -11.4. The van der Waals surface area contributed by atoms with Crippen molar-refractivity contribution in [2.45, 2.75) is 35.9 Å². The maximum absolute atomic E-state index is 14.0. The lowest BCUT2D eigenvalue weighted by molar-refractivity contribution is -0.245. The van der Waals surface area contributed by atoms with Crippen LogP contribution in [0.5, 0.6) is 11.5 Å². The van der Waals surface area contributed by atoms with Crippen LogP contribution in [0.2, 0.25) is 0 Å². The number of amides is 1. The minimum atomic E-state index is -5.32. The summed E-state index contributed by atoms with van der Waals surface area (Å²) in [6.45, 7) is -1.08. The Morgan fingerprint density at radius 1 is 1.12 bits per heavy atom. The van der Waals surface area contributed by atoms with Gasteiger partial charge in [-0.3, -0.25) is 9.10 Å². The average molecular weight is 638 g/mol. The number of aliphatic hydroxyl groups is 1. The molecule has 0 spiro atoms. The smallest absolute Gasteiger partial charge is 0.433 e. The molecule has 1 amide bonds. The second kappa shape index (κ2) is 11.2. The van der Waals surface area contributed by atoms with E-state index in [1.165, 1.54) is 24.3 Å². The summed E-state index contributed by atoms with van der Waals surface area (Å²) in [6, 6.07) is 9.42. The van der Waals surface area contributed by atoms with E-state index in [9.17, 15) is 49.1 Å². The van der Waals surface area contributed by atoms with Gasteiger partial charge in [-0.05, 0) is 49.4 Å². The molecule has 1 aromatic heterocycles. The van der Waals surface area contributed by atoms with Crippen LogP contribution < -0.4 is 19.1 Å². The van der Waals surface area contributed by atoms with Gasteiger partial charge in [0.2, 0.25) is 5.60 Å². The van der Waals surface area contributed by atoms with E-state index in [2.05, 4.69) is 4.98 Å². The standard InChI is InChI=1S/C26H22F7N3O6S/c1-24(38,26(31,32)33)23(37)34-12-15-13-36(43(39,40)16-7-8-17(27)21(11-16)41-2)19-10-14(6-9-20(19)42-15)18-4-3-5-22(35-18)25(28,29)30/h3-11,15,38H,12-13H2,1-2H3,(H,34,37)/t15-,24+/m0/s1. The number of sulfonamides is 1. The van der Waals surface area contributed by atoms with Crippen molar-refractivity contribution in [1.29, 1.82) is 0 Å². The molecule has 1 aliphatic heterocycles. The van der Waals surface area contributed by atoms with E-state index >= 15 is 0 Å². The van der Waals surface area contributed by atoms with Gasteiger partial charge in [-0.15, -0.1) is 0 Å². The van der Waals surface area contributed by atoms with Gasteiger partial charge in [-0.1, -0.05) is 6.07 Å². The fourth-order valence-electron chi connectivity index (χ4n) is 3.99. The highest BCUT2D eigenvalue weighted by molar-refractivity contribution is 7.92. The topological polar surface area (TPSA) is 118 Å².